The normalized spacial score (nSPS) is 10.6. The molecule has 0 atom stereocenters. The first kappa shape index (κ1) is 14.6. The molecule has 0 aliphatic heterocycles. The molecule has 3 aromatic rings. The van der Waals surface area contributed by atoms with E-state index in [1.165, 1.54) is 10.6 Å². The Bertz CT molecular complexity index is 869. The van der Waals surface area contributed by atoms with Crippen molar-refractivity contribution in [2.24, 2.45) is 0 Å². The summed E-state index contributed by atoms with van der Waals surface area (Å²) in [5.41, 5.74) is 0.961. The van der Waals surface area contributed by atoms with Crippen molar-refractivity contribution in [3.05, 3.63) is 75.1 Å². The maximum Gasteiger partial charge on any atom is 0.256 e. The fraction of sp³-hybridized carbons (Fsp3) is 0. The van der Waals surface area contributed by atoms with Gasteiger partial charge in [-0.15, -0.1) is 0 Å². The number of hydrogen-bond donors (Lipinski definition) is 1. The number of halogens is 2. The first-order chi connectivity index (χ1) is 10.6. The van der Waals surface area contributed by atoms with Crippen molar-refractivity contribution in [3.63, 3.8) is 0 Å². The molecular formula is C16H10Cl2N2O2. The fourth-order valence-corrected chi connectivity index (χ4v) is 2.64. The number of benzene rings is 1. The minimum Gasteiger partial charge on any atom is -0.505 e. The van der Waals surface area contributed by atoms with Crippen LogP contribution in [0.2, 0.25) is 10.0 Å². The summed E-state index contributed by atoms with van der Waals surface area (Å²) in [6.07, 6.45) is 1.61. The molecule has 0 aliphatic carbocycles. The second-order valence-electron chi connectivity index (χ2n) is 4.56. The topological polar surface area (TPSA) is 55.1 Å². The Balaban J connectivity index is 2.29. The van der Waals surface area contributed by atoms with Crippen LogP contribution in [0.3, 0.4) is 0 Å². The van der Waals surface area contributed by atoms with Gasteiger partial charge in [-0.2, -0.15) is 0 Å². The average molecular weight is 333 g/mol. The molecule has 1 N–H and O–H groups in total. The third kappa shape index (κ3) is 2.58. The van der Waals surface area contributed by atoms with Gasteiger partial charge in [-0.05, 0) is 30.3 Å². The van der Waals surface area contributed by atoms with E-state index in [1.807, 2.05) is 0 Å². The van der Waals surface area contributed by atoms with Gasteiger partial charge in [-0.1, -0.05) is 35.3 Å². The lowest BCUT2D eigenvalue weighted by molar-refractivity contribution is 0.476. The summed E-state index contributed by atoms with van der Waals surface area (Å²) < 4.78 is 1.46. The number of hydrogen-bond acceptors (Lipinski definition) is 3. The SMILES string of the molecule is O=c1cccc(-c2cc(Cl)c(O)c(Cl)c2)n1-c1ccccn1. The largest absolute Gasteiger partial charge is 0.505 e. The Morgan fingerprint density at radius 1 is 1.00 bits per heavy atom. The average Bonchev–Trinajstić information content (AvgIpc) is 2.52. The molecule has 0 fully saturated rings. The zero-order chi connectivity index (χ0) is 15.7. The molecule has 110 valence electrons. The zero-order valence-electron chi connectivity index (χ0n) is 11.2. The van der Waals surface area contributed by atoms with Crippen LogP contribution in [-0.4, -0.2) is 14.7 Å². The van der Waals surface area contributed by atoms with Crippen LogP contribution in [0.4, 0.5) is 0 Å². The molecule has 0 aliphatic rings. The minimum atomic E-state index is -0.225. The Hall–Kier alpha value is -2.30. The van der Waals surface area contributed by atoms with Gasteiger partial charge in [-0.3, -0.25) is 9.36 Å². The van der Waals surface area contributed by atoms with Crippen LogP contribution in [0.1, 0.15) is 0 Å². The fourth-order valence-electron chi connectivity index (χ4n) is 2.15. The number of phenolic OH excluding ortho intramolecular Hbond substituents is 1. The van der Waals surface area contributed by atoms with Gasteiger partial charge in [0.2, 0.25) is 0 Å². The Morgan fingerprint density at radius 3 is 2.36 bits per heavy atom. The van der Waals surface area contributed by atoms with Crippen LogP contribution in [0.15, 0.2) is 59.5 Å². The van der Waals surface area contributed by atoms with E-state index in [0.717, 1.165) is 0 Å². The number of aromatic hydroxyl groups is 1. The van der Waals surface area contributed by atoms with Gasteiger partial charge in [0.15, 0.2) is 5.75 Å². The predicted octanol–water partition coefficient (Wildman–Crippen LogP) is 3.91. The molecule has 4 nitrogen and oxygen atoms in total. The first-order valence-electron chi connectivity index (χ1n) is 6.40. The quantitative estimate of drug-likeness (QED) is 0.773. The molecule has 0 amide bonds. The minimum absolute atomic E-state index is 0.117. The molecule has 3 rings (SSSR count). The van der Waals surface area contributed by atoms with Crippen molar-refractivity contribution in [2.75, 3.05) is 0 Å². The van der Waals surface area contributed by atoms with Crippen molar-refractivity contribution in [1.82, 2.24) is 9.55 Å². The number of phenols is 1. The maximum absolute atomic E-state index is 12.3. The van der Waals surface area contributed by atoms with Crippen LogP contribution in [0.25, 0.3) is 17.1 Å². The van der Waals surface area contributed by atoms with Crippen LogP contribution in [0.5, 0.6) is 5.75 Å². The van der Waals surface area contributed by atoms with Crippen LogP contribution >= 0.6 is 23.2 Å². The van der Waals surface area contributed by atoms with Crippen molar-refractivity contribution >= 4 is 23.2 Å². The molecule has 6 heteroatoms. The summed E-state index contributed by atoms with van der Waals surface area (Å²) in [6, 6.07) is 13.2. The van der Waals surface area contributed by atoms with E-state index in [2.05, 4.69) is 4.98 Å². The number of aromatic nitrogens is 2. The second kappa shape index (κ2) is 5.83. The van der Waals surface area contributed by atoms with E-state index in [1.54, 1.807) is 48.7 Å². The van der Waals surface area contributed by atoms with Crippen LogP contribution < -0.4 is 5.56 Å². The molecule has 0 saturated heterocycles. The van der Waals surface area contributed by atoms with Crippen molar-refractivity contribution in [2.45, 2.75) is 0 Å². The Kier molecular flexibility index (Phi) is 3.88. The summed E-state index contributed by atoms with van der Waals surface area (Å²) >= 11 is 11.9. The lowest BCUT2D eigenvalue weighted by atomic mass is 10.1. The van der Waals surface area contributed by atoms with Gasteiger partial charge in [0.05, 0.1) is 15.7 Å². The number of rotatable bonds is 2. The third-order valence-corrected chi connectivity index (χ3v) is 3.72. The summed E-state index contributed by atoms with van der Waals surface area (Å²) in [4.78, 5) is 16.5. The lowest BCUT2D eigenvalue weighted by Crippen LogP contribution is -2.19. The molecule has 2 aromatic heterocycles. The molecule has 1 aromatic carbocycles. The third-order valence-electron chi connectivity index (χ3n) is 3.15. The number of pyridine rings is 2. The second-order valence-corrected chi connectivity index (χ2v) is 5.38. The summed E-state index contributed by atoms with van der Waals surface area (Å²) in [5.74, 6) is 0.304. The maximum atomic E-state index is 12.3. The van der Waals surface area contributed by atoms with Gasteiger partial charge in [0.1, 0.15) is 5.82 Å². The van der Waals surface area contributed by atoms with E-state index in [-0.39, 0.29) is 21.4 Å². The van der Waals surface area contributed by atoms with Gasteiger partial charge in [0, 0.05) is 17.8 Å². The van der Waals surface area contributed by atoms with Gasteiger partial charge >= 0.3 is 0 Å². The first-order valence-corrected chi connectivity index (χ1v) is 7.15. The van der Waals surface area contributed by atoms with Crippen molar-refractivity contribution in [3.8, 4) is 22.8 Å². The summed E-state index contributed by atoms with van der Waals surface area (Å²) in [7, 11) is 0. The molecule has 0 spiro atoms. The lowest BCUT2D eigenvalue weighted by Gasteiger charge is -2.13. The monoisotopic (exact) mass is 332 g/mol. The van der Waals surface area contributed by atoms with Crippen LogP contribution in [0, 0.1) is 0 Å². The van der Waals surface area contributed by atoms with Crippen molar-refractivity contribution < 1.29 is 5.11 Å². The van der Waals surface area contributed by atoms with Crippen molar-refractivity contribution in [1.29, 1.82) is 0 Å². The van der Waals surface area contributed by atoms with Gasteiger partial charge in [0.25, 0.3) is 5.56 Å². The molecule has 0 radical (unpaired) electrons. The summed E-state index contributed by atoms with van der Waals surface area (Å²) in [5, 5.41) is 9.91. The highest BCUT2D eigenvalue weighted by Gasteiger charge is 2.13. The molecule has 0 saturated carbocycles. The van der Waals surface area contributed by atoms with E-state index >= 15 is 0 Å². The standard InChI is InChI=1S/C16H10Cl2N2O2/c17-11-8-10(9-12(18)16(11)22)13-4-3-6-15(21)20(13)14-5-1-2-7-19-14/h1-9,22H. The van der Waals surface area contributed by atoms with Crippen LogP contribution in [-0.2, 0) is 0 Å². The number of nitrogens with zero attached hydrogens (tertiary/aromatic N) is 2. The van der Waals surface area contributed by atoms with E-state index in [0.29, 0.717) is 17.1 Å². The molecule has 0 bridgehead atoms. The molecular weight excluding hydrogens is 323 g/mol. The van der Waals surface area contributed by atoms with Gasteiger partial charge < -0.3 is 5.11 Å². The highest BCUT2D eigenvalue weighted by Crippen LogP contribution is 2.36. The van der Waals surface area contributed by atoms with E-state index in [4.69, 9.17) is 23.2 Å². The summed E-state index contributed by atoms with van der Waals surface area (Å²) in [6.45, 7) is 0. The Labute approximate surface area is 136 Å². The zero-order valence-corrected chi connectivity index (χ0v) is 12.7. The molecule has 22 heavy (non-hydrogen) atoms. The highest BCUT2D eigenvalue weighted by molar-refractivity contribution is 6.37. The predicted molar refractivity (Wildman–Crippen MR) is 87.0 cm³/mol. The smallest absolute Gasteiger partial charge is 0.256 e. The highest BCUT2D eigenvalue weighted by atomic mass is 35.5. The van der Waals surface area contributed by atoms with E-state index < -0.39 is 0 Å². The van der Waals surface area contributed by atoms with Gasteiger partial charge in [-0.25, -0.2) is 4.98 Å². The van der Waals surface area contributed by atoms with E-state index in [9.17, 15) is 9.90 Å². The molecule has 2 heterocycles. The Morgan fingerprint density at radius 2 is 1.73 bits per heavy atom. The molecule has 0 unspecified atom stereocenters.